The van der Waals surface area contributed by atoms with E-state index < -0.39 is 0 Å². The molecule has 16 heavy (non-hydrogen) atoms. The Hall–Kier alpha value is -1.02. The Balaban J connectivity index is 2.22. The first kappa shape index (κ1) is 11.5. The van der Waals surface area contributed by atoms with E-state index in [0.717, 1.165) is 36.8 Å². The van der Waals surface area contributed by atoms with Gasteiger partial charge in [0, 0.05) is 5.54 Å². The second-order valence-electron chi connectivity index (χ2n) is 5.32. The number of rotatable bonds is 3. The lowest BCUT2D eigenvalue weighted by atomic mass is 9.93. The molecule has 0 saturated heterocycles. The maximum Gasteiger partial charge on any atom is 0.121 e. The molecular formula is C14H21NO. The molecule has 0 atom stereocenters. The van der Waals surface area contributed by atoms with Crippen molar-refractivity contribution in [3.8, 4) is 5.75 Å². The molecule has 2 nitrogen and oxygen atoms in total. The molecular weight excluding hydrogens is 198 g/mol. The highest BCUT2D eigenvalue weighted by molar-refractivity contribution is 5.48. The van der Waals surface area contributed by atoms with Crippen LogP contribution in [0.2, 0.25) is 0 Å². The van der Waals surface area contributed by atoms with Crippen LogP contribution in [0.15, 0.2) is 6.07 Å². The summed E-state index contributed by atoms with van der Waals surface area (Å²) in [7, 11) is 0. The normalized spacial score (nSPS) is 17.5. The minimum absolute atomic E-state index is 0.0966. The van der Waals surface area contributed by atoms with Gasteiger partial charge in [0.25, 0.3) is 0 Å². The monoisotopic (exact) mass is 219 g/mol. The zero-order valence-electron chi connectivity index (χ0n) is 10.4. The number of hydrogen-bond donors (Lipinski definition) is 2. The first-order chi connectivity index (χ1) is 7.43. The van der Waals surface area contributed by atoms with E-state index in [9.17, 15) is 5.11 Å². The van der Waals surface area contributed by atoms with Crippen molar-refractivity contribution in [2.75, 3.05) is 0 Å². The average Bonchev–Trinajstić information content (AvgIpc) is 2.93. The van der Waals surface area contributed by atoms with E-state index in [-0.39, 0.29) is 5.54 Å². The molecule has 0 radical (unpaired) electrons. The van der Waals surface area contributed by atoms with Crippen LogP contribution in [0.5, 0.6) is 5.75 Å². The van der Waals surface area contributed by atoms with E-state index in [4.69, 9.17) is 5.73 Å². The third kappa shape index (κ3) is 2.07. The smallest absolute Gasteiger partial charge is 0.121 e. The molecule has 0 heterocycles. The van der Waals surface area contributed by atoms with Gasteiger partial charge in [0.1, 0.15) is 5.75 Å². The first-order valence-electron chi connectivity index (χ1n) is 6.00. The van der Waals surface area contributed by atoms with Gasteiger partial charge in [0.15, 0.2) is 0 Å². The van der Waals surface area contributed by atoms with Crippen molar-refractivity contribution in [1.29, 1.82) is 0 Å². The lowest BCUT2D eigenvalue weighted by Gasteiger charge is -2.15. The Morgan fingerprint density at radius 1 is 1.25 bits per heavy atom. The molecule has 0 amide bonds. The Kier molecular flexibility index (Phi) is 2.70. The molecule has 0 aromatic heterocycles. The van der Waals surface area contributed by atoms with Crippen molar-refractivity contribution >= 4 is 0 Å². The molecule has 0 spiro atoms. The van der Waals surface area contributed by atoms with Crippen LogP contribution in [-0.4, -0.2) is 10.6 Å². The van der Waals surface area contributed by atoms with Gasteiger partial charge in [0.2, 0.25) is 0 Å². The molecule has 1 aliphatic rings. The number of hydrogen-bond acceptors (Lipinski definition) is 2. The fourth-order valence-corrected chi connectivity index (χ4v) is 2.38. The molecule has 1 aliphatic carbocycles. The first-order valence-corrected chi connectivity index (χ1v) is 6.00. The molecule has 88 valence electrons. The Labute approximate surface area is 97.5 Å². The number of aryl methyl sites for hydroxylation is 2. The van der Waals surface area contributed by atoms with Gasteiger partial charge in [-0.1, -0.05) is 6.07 Å². The highest BCUT2D eigenvalue weighted by Crippen LogP contribution is 2.38. The lowest BCUT2D eigenvalue weighted by Crippen LogP contribution is -2.22. The predicted molar refractivity (Wildman–Crippen MR) is 66.8 cm³/mol. The number of aromatic hydroxyl groups is 1. The van der Waals surface area contributed by atoms with Crippen LogP contribution in [0, 0.1) is 20.8 Å². The standard InChI is InChI=1S/C14H21NO/c1-9-8-10(2)13(16)11(3)12(9)4-5-14(15)6-7-14/h8,16H,4-7,15H2,1-3H3. The largest absolute Gasteiger partial charge is 0.507 e. The van der Waals surface area contributed by atoms with Gasteiger partial charge in [0.05, 0.1) is 0 Å². The van der Waals surface area contributed by atoms with E-state index in [1.165, 1.54) is 11.1 Å². The van der Waals surface area contributed by atoms with E-state index in [2.05, 4.69) is 13.0 Å². The SMILES string of the molecule is Cc1cc(C)c(CCC2(N)CC2)c(C)c1O. The van der Waals surface area contributed by atoms with E-state index in [0.29, 0.717) is 5.75 Å². The minimum Gasteiger partial charge on any atom is -0.507 e. The molecule has 1 fully saturated rings. The molecule has 2 rings (SSSR count). The maximum absolute atomic E-state index is 9.93. The summed E-state index contributed by atoms with van der Waals surface area (Å²) in [6, 6.07) is 2.06. The minimum atomic E-state index is 0.0966. The highest BCUT2D eigenvalue weighted by Gasteiger charge is 2.37. The van der Waals surface area contributed by atoms with Crippen LogP contribution in [0.1, 0.15) is 41.5 Å². The highest BCUT2D eigenvalue weighted by atomic mass is 16.3. The second-order valence-corrected chi connectivity index (χ2v) is 5.32. The van der Waals surface area contributed by atoms with Crippen LogP contribution in [-0.2, 0) is 6.42 Å². The summed E-state index contributed by atoms with van der Waals surface area (Å²) < 4.78 is 0. The van der Waals surface area contributed by atoms with Gasteiger partial charge in [-0.2, -0.15) is 0 Å². The molecule has 1 aromatic carbocycles. The Bertz CT molecular complexity index is 419. The maximum atomic E-state index is 9.93. The molecule has 1 aromatic rings. The van der Waals surface area contributed by atoms with Gasteiger partial charge in [-0.15, -0.1) is 0 Å². The quantitative estimate of drug-likeness (QED) is 0.821. The van der Waals surface area contributed by atoms with Gasteiger partial charge in [-0.25, -0.2) is 0 Å². The third-order valence-corrected chi connectivity index (χ3v) is 3.86. The van der Waals surface area contributed by atoms with E-state index >= 15 is 0 Å². The van der Waals surface area contributed by atoms with Crippen LogP contribution < -0.4 is 5.73 Å². The fraction of sp³-hybridized carbons (Fsp3) is 0.571. The fourth-order valence-electron chi connectivity index (χ4n) is 2.38. The summed E-state index contributed by atoms with van der Waals surface area (Å²) >= 11 is 0. The number of nitrogens with two attached hydrogens (primary N) is 1. The van der Waals surface area contributed by atoms with Crippen molar-refractivity contribution in [2.24, 2.45) is 5.73 Å². The lowest BCUT2D eigenvalue weighted by molar-refractivity contribution is 0.465. The van der Waals surface area contributed by atoms with Gasteiger partial charge >= 0.3 is 0 Å². The third-order valence-electron chi connectivity index (χ3n) is 3.86. The van der Waals surface area contributed by atoms with E-state index in [1.54, 1.807) is 0 Å². The van der Waals surface area contributed by atoms with Crippen molar-refractivity contribution in [3.05, 3.63) is 28.3 Å². The second kappa shape index (κ2) is 3.77. The van der Waals surface area contributed by atoms with Crippen molar-refractivity contribution in [2.45, 2.75) is 52.0 Å². The molecule has 2 heteroatoms. The average molecular weight is 219 g/mol. The number of phenolic OH excluding ortho intramolecular Hbond substituents is 1. The van der Waals surface area contributed by atoms with Gasteiger partial charge in [-0.05, 0) is 68.7 Å². The zero-order chi connectivity index (χ0) is 11.9. The topological polar surface area (TPSA) is 46.2 Å². The van der Waals surface area contributed by atoms with Gasteiger partial charge < -0.3 is 10.8 Å². The molecule has 0 aliphatic heterocycles. The summed E-state index contributed by atoms with van der Waals surface area (Å²) in [5, 5.41) is 9.93. The molecule has 1 saturated carbocycles. The van der Waals surface area contributed by atoms with Crippen LogP contribution >= 0.6 is 0 Å². The molecule has 0 bridgehead atoms. The number of benzene rings is 1. The summed E-state index contributed by atoms with van der Waals surface area (Å²) in [5.74, 6) is 0.447. The Morgan fingerprint density at radius 3 is 2.44 bits per heavy atom. The van der Waals surface area contributed by atoms with Crippen molar-refractivity contribution in [1.82, 2.24) is 0 Å². The van der Waals surface area contributed by atoms with Crippen molar-refractivity contribution < 1.29 is 5.11 Å². The zero-order valence-corrected chi connectivity index (χ0v) is 10.4. The molecule has 3 N–H and O–H groups in total. The van der Waals surface area contributed by atoms with Gasteiger partial charge in [-0.3, -0.25) is 0 Å². The molecule has 0 unspecified atom stereocenters. The summed E-state index contributed by atoms with van der Waals surface area (Å²) in [5.41, 5.74) is 10.7. The summed E-state index contributed by atoms with van der Waals surface area (Å²) in [4.78, 5) is 0. The summed E-state index contributed by atoms with van der Waals surface area (Å²) in [6.45, 7) is 6.07. The van der Waals surface area contributed by atoms with Crippen molar-refractivity contribution in [3.63, 3.8) is 0 Å². The van der Waals surface area contributed by atoms with E-state index in [1.807, 2.05) is 13.8 Å². The summed E-state index contributed by atoms with van der Waals surface area (Å²) in [6.07, 6.45) is 4.34. The van der Waals surface area contributed by atoms with Crippen LogP contribution in [0.4, 0.5) is 0 Å². The number of phenols is 1. The predicted octanol–water partition coefficient (Wildman–Crippen LogP) is 2.74. The van der Waals surface area contributed by atoms with Crippen LogP contribution in [0.25, 0.3) is 0 Å². The Morgan fingerprint density at radius 2 is 1.88 bits per heavy atom. The van der Waals surface area contributed by atoms with Crippen LogP contribution in [0.3, 0.4) is 0 Å².